The third-order valence-corrected chi connectivity index (χ3v) is 4.57. The van der Waals surface area contributed by atoms with Crippen molar-refractivity contribution in [2.24, 2.45) is 0 Å². The molecule has 0 unspecified atom stereocenters. The minimum Gasteiger partial charge on any atom is -0.484 e. The Morgan fingerprint density at radius 1 is 1.16 bits per heavy atom. The molecule has 0 heterocycles. The van der Waals surface area contributed by atoms with Crippen LogP contribution in [0.2, 0.25) is 5.02 Å². The molecule has 0 saturated heterocycles. The highest BCUT2D eigenvalue weighted by atomic mass is 35.5. The number of para-hydroxylation sites is 1. The number of hydrogen-bond acceptors (Lipinski definition) is 3. The van der Waals surface area contributed by atoms with Gasteiger partial charge in [0.2, 0.25) is 0 Å². The average Bonchev–Trinajstić information content (AvgIpc) is 2.62. The topological polar surface area (TPSA) is 41.6 Å². The molecular formula is C20H25ClN2O2. The third-order valence-electron chi connectivity index (χ3n) is 3.97. The summed E-state index contributed by atoms with van der Waals surface area (Å²) < 4.78 is 5.55. The van der Waals surface area contributed by atoms with Crippen LogP contribution in [0, 0.1) is 13.8 Å². The molecule has 0 radical (unpaired) electrons. The molecule has 0 aliphatic heterocycles. The summed E-state index contributed by atoms with van der Waals surface area (Å²) >= 11 is 6.13. The van der Waals surface area contributed by atoms with Gasteiger partial charge < -0.3 is 15.0 Å². The molecule has 0 aliphatic carbocycles. The highest BCUT2D eigenvalue weighted by Gasteiger charge is 2.07. The minimum atomic E-state index is -0.118. The van der Waals surface area contributed by atoms with E-state index in [1.54, 1.807) is 0 Å². The Morgan fingerprint density at radius 3 is 2.44 bits per heavy atom. The Bertz CT molecular complexity index is 681. The van der Waals surface area contributed by atoms with Gasteiger partial charge in [0.05, 0.1) is 0 Å². The molecule has 5 heteroatoms. The lowest BCUT2D eigenvalue weighted by molar-refractivity contribution is -0.123. The van der Waals surface area contributed by atoms with Crippen molar-refractivity contribution in [3.8, 4) is 5.75 Å². The predicted molar refractivity (Wildman–Crippen MR) is 104 cm³/mol. The molecule has 0 saturated carbocycles. The second-order valence-electron chi connectivity index (χ2n) is 6.12. The Hall–Kier alpha value is -2.20. The van der Waals surface area contributed by atoms with E-state index < -0.39 is 0 Å². The van der Waals surface area contributed by atoms with Gasteiger partial charge in [-0.3, -0.25) is 4.79 Å². The number of amides is 1. The van der Waals surface area contributed by atoms with Crippen LogP contribution in [0.5, 0.6) is 5.75 Å². The minimum absolute atomic E-state index is 0.00897. The smallest absolute Gasteiger partial charge is 0.257 e. The maximum atomic E-state index is 11.9. The van der Waals surface area contributed by atoms with E-state index in [1.165, 1.54) is 5.69 Å². The summed E-state index contributed by atoms with van der Waals surface area (Å²) in [7, 11) is 2.05. The zero-order valence-corrected chi connectivity index (χ0v) is 15.8. The first-order valence-corrected chi connectivity index (χ1v) is 8.77. The van der Waals surface area contributed by atoms with Gasteiger partial charge >= 0.3 is 0 Å². The van der Waals surface area contributed by atoms with Gasteiger partial charge in [-0.2, -0.15) is 0 Å². The summed E-state index contributed by atoms with van der Waals surface area (Å²) in [5, 5.41) is 3.62. The van der Waals surface area contributed by atoms with Crippen LogP contribution in [0.3, 0.4) is 0 Å². The molecule has 2 rings (SSSR count). The van der Waals surface area contributed by atoms with Crippen molar-refractivity contribution >= 4 is 23.2 Å². The van der Waals surface area contributed by atoms with Crippen molar-refractivity contribution in [3.05, 3.63) is 58.6 Å². The van der Waals surface area contributed by atoms with Crippen LogP contribution in [0.25, 0.3) is 0 Å². The van der Waals surface area contributed by atoms with Crippen LogP contribution >= 0.6 is 11.6 Å². The maximum absolute atomic E-state index is 11.9. The summed E-state index contributed by atoms with van der Waals surface area (Å²) in [5.74, 6) is 0.547. The Kier molecular flexibility index (Phi) is 7.14. The van der Waals surface area contributed by atoms with E-state index in [-0.39, 0.29) is 12.5 Å². The number of carbonyl (C=O) groups is 1. The van der Waals surface area contributed by atoms with Crippen LogP contribution in [0.4, 0.5) is 5.69 Å². The van der Waals surface area contributed by atoms with Crippen molar-refractivity contribution in [2.45, 2.75) is 20.3 Å². The summed E-state index contributed by atoms with van der Waals surface area (Å²) in [6, 6.07) is 13.9. The van der Waals surface area contributed by atoms with Crippen molar-refractivity contribution in [3.63, 3.8) is 0 Å². The molecule has 4 nitrogen and oxygen atoms in total. The molecule has 2 aromatic carbocycles. The Labute approximate surface area is 154 Å². The summed E-state index contributed by atoms with van der Waals surface area (Å²) in [6.07, 6.45) is 0.871. The first kappa shape index (κ1) is 19.1. The van der Waals surface area contributed by atoms with Gasteiger partial charge in [-0.15, -0.1) is 0 Å². The van der Waals surface area contributed by atoms with E-state index >= 15 is 0 Å². The monoisotopic (exact) mass is 360 g/mol. The number of nitrogens with zero attached hydrogens (tertiary/aromatic N) is 1. The van der Waals surface area contributed by atoms with Crippen LogP contribution < -0.4 is 15.0 Å². The largest absolute Gasteiger partial charge is 0.484 e. The highest BCUT2D eigenvalue weighted by Crippen LogP contribution is 2.25. The van der Waals surface area contributed by atoms with Crippen LogP contribution in [0.15, 0.2) is 42.5 Å². The molecule has 0 aliphatic rings. The Balaban J connectivity index is 1.67. The fourth-order valence-corrected chi connectivity index (χ4v) is 2.65. The van der Waals surface area contributed by atoms with Gasteiger partial charge in [-0.1, -0.05) is 29.8 Å². The third kappa shape index (κ3) is 5.98. The molecule has 1 amide bonds. The standard InChI is InChI=1S/C20H25ClN2O2/c1-15-12-18(13-16(2)20(15)21)25-14-19(24)22-10-7-11-23(3)17-8-5-4-6-9-17/h4-6,8-9,12-13H,7,10-11,14H2,1-3H3,(H,22,24). The number of hydrogen-bond donors (Lipinski definition) is 1. The number of rotatable bonds is 8. The fraction of sp³-hybridized carbons (Fsp3) is 0.350. The molecule has 25 heavy (non-hydrogen) atoms. The number of aryl methyl sites for hydroxylation is 2. The lowest BCUT2D eigenvalue weighted by Gasteiger charge is -2.19. The van der Waals surface area contributed by atoms with E-state index in [0.717, 1.165) is 29.1 Å². The normalized spacial score (nSPS) is 10.4. The number of nitrogens with one attached hydrogen (secondary N) is 1. The molecule has 134 valence electrons. The van der Waals surface area contributed by atoms with Gasteiger partial charge in [0.15, 0.2) is 6.61 Å². The second kappa shape index (κ2) is 9.33. The van der Waals surface area contributed by atoms with Gasteiger partial charge in [0.1, 0.15) is 5.75 Å². The molecule has 0 spiro atoms. The predicted octanol–water partition coefficient (Wildman–Crippen LogP) is 3.98. The first-order chi connectivity index (χ1) is 12.0. The van der Waals surface area contributed by atoms with E-state index in [1.807, 2.05) is 51.2 Å². The van der Waals surface area contributed by atoms with Gasteiger partial charge in [-0.05, 0) is 55.7 Å². The number of anilines is 1. The van der Waals surface area contributed by atoms with Crippen molar-refractivity contribution < 1.29 is 9.53 Å². The SMILES string of the molecule is Cc1cc(OCC(=O)NCCCN(C)c2ccccc2)cc(C)c1Cl. The van der Waals surface area contributed by atoms with E-state index in [4.69, 9.17) is 16.3 Å². The average molecular weight is 361 g/mol. The van der Waals surface area contributed by atoms with Gasteiger partial charge in [-0.25, -0.2) is 0 Å². The first-order valence-electron chi connectivity index (χ1n) is 8.40. The number of carbonyl (C=O) groups excluding carboxylic acids is 1. The summed E-state index contributed by atoms with van der Waals surface area (Å²) in [6.45, 7) is 5.35. The lowest BCUT2D eigenvalue weighted by atomic mass is 10.1. The van der Waals surface area contributed by atoms with Crippen molar-refractivity contribution in [1.29, 1.82) is 0 Å². The van der Waals surface area contributed by atoms with Gasteiger partial charge in [0, 0.05) is 30.8 Å². The molecule has 0 bridgehead atoms. The zero-order chi connectivity index (χ0) is 18.2. The highest BCUT2D eigenvalue weighted by molar-refractivity contribution is 6.32. The zero-order valence-electron chi connectivity index (χ0n) is 15.0. The maximum Gasteiger partial charge on any atom is 0.257 e. The molecule has 2 aromatic rings. The van der Waals surface area contributed by atoms with Crippen molar-refractivity contribution in [1.82, 2.24) is 5.32 Å². The van der Waals surface area contributed by atoms with Crippen molar-refractivity contribution in [2.75, 3.05) is 31.6 Å². The number of ether oxygens (including phenoxy) is 1. The Morgan fingerprint density at radius 2 is 1.80 bits per heavy atom. The molecule has 0 atom stereocenters. The van der Waals surface area contributed by atoms with E-state index in [2.05, 4.69) is 22.3 Å². The number of benzene rings is 2. The van der Waals surface area contributed by atoms with Gasteiger partial charge in [0.25, 0.3) is 5.91 Å². The summed E-state index contributed by atoms with van der Waals surface area (Å²) in [5.41, 5.74) is 3.06. The van der Waals surface area contributed by atoms with Crippen LogP contribution in [0.1, 0.15) is 17.5 Å². The molecule has 0 fully saturated rings. The lowest BCUT2D eigenvalue weighted by Crippen LogP contribution is -2.31. The fourth-order valence-electron chi connectivity index (χ4n) is 2.55. The molecule has 0 aromatic heterocycles. The van der Waals surface area contributed by atoms with E-state index in [9.17, 15) is 4.79 Å². The second-order valence-corrected chi connectivity index (χ2v) is 6.50. The number of halogens is 1. The van der Waals surface area contributed by atoms with E-state index in [0.29, 0.717) is 12.3 Å². The quantitative estimate of drug-likeness (QED) is 0.724. The molecular weight excluding hydrogens is 336 g/mol. The van der Waals surface area contributed by atoms with Crippen LogP contribution in [-0.4, -0.2) is 32.7 Å². The van der Waals surface area contributed by atoms with Crippen LogP contribution in [-0.2, 0) is 4.79 Å². The summed E-state index contributed by atoms with van der Waals surface area (Å²) in [4.78, 5) is 14.1. The molecule has 1 N–H and O–H groups in total.